The summed E-state index contributed by atoms with van der Waals surface area (Å²) in [5, 5.41) is 10.8. The topological polar surface area (TPSA) is 73.7 Å². The summed E-state index contributed by atoms with van der Waals surface area (Å²) >= 11 is 0. The van der Waals surface area contributed by atoms with Crippen LogP contribution < -0.4 is 14.2 Å². The van der Waals surface area contributed by atoms with Crippen LogP contribution in [0.25, 0.3) is 28.5 Å². The van der Waals surface area contributed by atoms with E-state index in [0.29, 0.717) is 35.1 Å². The van der Waals surface area contributed by atoms with Crippen LogP contribution in [0.4, 0.5) is 0 Å². The lowest BCUT2D eigenvalue weighted by Crippen LogP contribution is -1.96. The van der Waals surface area contributed by atoms with Gasteiger partial charge in [0, 0.05) is 23.4 Å². The van der Waals surface area contributed by atoms with E-state index in [4.69, 9.17) is 14.2 Å². The van der Waals surface area contributed by atoms with Gasteiger partial charge in [-0.15, -0.1) is 0 Å². The Morgan fingerprint density at radius 2 is 1.70 bits per heavy atom. The summed E-state index contributed by atoms with van der Waals surface area (Å²) in [7, 11) is 3.18. The van der Waals surface area contributed by atoms with Gasteiger partial charge >= 0.3 is 0 Å². The highest BCUT2D eigenvalue weighted by Gasteiger charge is 2.15. The number of hydrogen-bond acceptors (Lipinski definition) is 6. The van der Waals surface area contributed by atoms with E-state index in [-0.39, 0.29) is 5.75 Å². The average Bonchev–Trinajstić information content (AvgIpc) is 2.87. The third-order valence-corrected chi connectivity index (χ3v) is 5.25. The Balaban J connectivity index is 1.60. The van der Waals surface area contributed by atoms with Gasteiger partial charge in [-0.1, -0.05) is 43.0 Å². The molecular weight excluding hydrogens is 416 g/mol. The number of nitrogens with zero attached hydrogens (tertiary/aromatic N) is 2. The van der Waals surface area contributed by atoms with Gasteiger partial charge < -0.3 is 19.3 Å². The van der Waals surface area contributed by atoms with Crippen molar-refractivity contribution in [1.82, 2.24) is 9.97 Å². The Kier molecular flexibility index (Phi) is 6.55. The Morgan fingerprint density at radius 3 is 2.39 bits per heavy atom. The summed E-state index contributed by atoms with van der Waals surface area (Å²) in [6.45, 7) is 4.15. The molecule has 1 N–H and O–H groups in total. The molecule has 166 valence electrons. The molecule has 0 unspecified atom stereocenters. The second-order valence-electron chi connectivity index (χ2n) is 7.27. The van der Waals surface area contributed by atoms with Crippen molar-refractivity contribution < 1.29 is 19.3 Å². The number of methoxy groups -OCH3 is 2. The van der Waals surface area contributed by atoms with Gasteiger partial charge in [0.15, 0.2) is 11.5 Å². The van der Waals surface area contributed by atoms with Gasteiger partial charge in [-0.25, -0.2) is 9.97 Å². The molecule has 1 heterocycles. The predicted octanol–water partition coefficient (Wildman–Crippen LogP) is 5.76. The van der Waals surface area contributed by atoms with Crippen LogP contribution in [0, 0.1) is 0 Å². The fourth-order valence-corrected chi connectivity index (χ4v) is 3.48. The molecule has 4 aromatic rings. The molecule has 0 aliphatic carbocycles. The second-order valence-corrected chi connectivity index (χ2v) is 7.27. The van der Waals surface area contributed by atoms with E-state index in [0.717, 1.165) is 22.3 Å². The third kappa shape index (κ3) is 4.80. The van der Waals surface area contributed by atoms with Crippen LogP contribution in [0.2, 0.25) is 0 Å². The lowest BCUT2D eigenvalue weighted by molar-refractivity contribution is 0.304. The minimum atomic E-state index is 0.0648. The number of benzene rings is 3. The Bertz CT molecular complexity index is 1270. The molecular formula is C27H24N2O4. The van der Waals surface area contributed by atoms with Crippen molar-refractivity contribution in [2.75, 3.05) is 14.2 Å². The van der Waals surface area contributed by atoms with Crippen molar-refractivity contribution in [3.8, 4) is 45.4 Å². The standard InChI is InChI=1S/C27H24N2O4/c1-4-18-5-7-19(8-6-18)16-33-21-10-11-22(24(30)14-21)27-23(15-28-17-29-27)20-9-12-25(31-2)26(13-20)32-3/h4-15,17,30H,1,16H2,2-3H3. The van der Waals surface area contributed by atoms with Crippen LogP contribution in [0.5, 0.6) is 23.0 Å². The van der Waals surface area contributed by atoms with E-state index in [1.54, 1.807) is 38.6 Å². The SMILES string of the molecule is C=Cc1ccc(COc2ccc(-c3ncncc3-c3ccc(OC)c(OC)c3)c(O)c2)cc1. The summed E-state index contributed by atoms with van der Waals surface area (Å²) in [5.74, 6) is 1.85. The number of rotatable bonds is 8. The molecule has 0 radical (unpaired) electrons. The van der Waals surface area contributed by atoms with Gasteiger partial charge in [-0.3, -0.25) is 0 Å². The highest BCUT2D eigenvalue weighted by Crippen LogP contribution is 2.39. The van der Waals surface area contributed by atoms with Gasteiger partial charge in [-0.05, 0) is 41.0 Å². The predicted molar refractivity (Wildman–Crippen MR) is 129 cm³/mol. The number of aromatic hydroxyl groups is 1. The minimum absolute atomic E-state index is 0.0648. The third-order valence-electron chi connectivity index (χ3n) is 5.25. The average molecular weight is 440 g/mol. The quantitative estimate of drug-likeness (QED) is 0.376. The molecule has 0 aliphatic rings. The van der Waals surface area contributed by atoms with Gasteiger partial charge in [0.1, 0.15) is 24.4 Å². The van der Waals surface area contributed by atoms with Crippen LogP contribution >= 0.6 is 0 Å². The van der Waals surface area contributed by atoms with E-state index in [1.165, 1.54) is 6.33 Å². The number of phenols is 1. The molecule has 3 aromatic carbocycles. The summed E-state index contributed by atoms with van der Waals surface area (Å²) in [6.07, 6.45) is 4.96. The molecule has 0 saturated heterocycles. The van der Waals surface area contributed by atoms with Crippen molar-refractivity contribution in [2.45, 2.75) is 6.61 Å². The van der Waals surface area contributed by atoms with Gasteiger partial charge in [0.05, 0.1) is 19.9 Å². The highest BCUT2D eigenvalue weighted by molar-refractivity contribution is 5.83. The van der Waals surface area contributed by atoms with Crippen molar-refractivity contribution >= 4 is 6.08 Å². The molecule has 1 aromatic heterocycles. The van der Waals surface area contributed by atoms with Crippen LogP contribution in [0.15, 0.2) is 79.8 Å². The molecule has 0 atom stereocenters. The Labute approximate surface area is 192 Å². The zero-order valence-electron chi connectivity index (χ0n) is 18.5. The van der Waals surface area contributed by atoms with E-state index in [1.807, 2.05) is 48.5 Å². The molecule has 0 spiro atoms. The summed E-state index contributed by atoms with van der Waals surface area (Å²) < 4.78 is 16.6. The fourth-order valence-electron chi connectivity index (χ4n) is 3.48. The highest BCUT2D eigenvalue weighted by atomic mass is 16.5. The van der Waals surface area contributed by atoms with Crippen molar-refractivity contribution in [2.24, 2.45) is 0 Å². The zero-order valence-corrected chi connectivity index (χ0v) is 18.5. The first-order valence-corrected chi connectivity index (χ1v) is 10.3. The maximum atomic E-state index is 10.8. The normalized spacial score (nSPS) is 10.5. The summed E-state index contributed by atoms with van der Waals surface area (Å²) in [4.78, 5) is 8.60. The molecule has 0 bridgehead atoms. The van der Waals surface area contributed by atoms with Crippen LogP contribution in [0.1, 0.15) is 11.1 Å². The summed E-state index contributed by atoms with van der Waals surface area (Å²) in [5.41, 5.74) is 4.84. The number of aromatic nitrogens is 2. The first-order valence-electron chi connectivity index (χ1n) is 10.3. The van der Waals surface area contributed by atoms with E-state index >= 15 is 0 Å². The first kappa shape index (κ1) is 21.9. The monoisotopic (exact) mass is 440 g/mol. The maximum Gasteiger partial charge on any atom is 0.161 e. The Morgan fingerprint density at radius 1 is 0.909 bits per heavy atom. The van der Waals surface area contributed by atoms with Crippen molar-refractivity contribution in [1.29, 1.82) is 0 Å². The largest absolute Gasteiger partial charge is 0.507 e. The number of hydrogen-bond donors (Lipinski definition) is 1. The fraction of sp³-hybridized carbons (Fsp3) is 0.111. The first-order chi connectivity index (χ1) is 16.1. The van der Waals surface area contributed by atoms with E-state index < -0.39 is 0 Å². The molecule has 0 aliphatic heterocycles. The lowest BCUT2D eigenvalue weighted by Gasteiger charge is -2.13. The van der Waals surface area contributed by atoms with Crippen LogP contribution in [0.3, 0.4) is 0 Å². The molecule has 0 amide bonds. The maximum absolute atomic E-state index is 10.8. The Hall–Kier alpha value is -4.32. The molecule has 0 saturated carbocycles. The molecule has 6 heteroatoms. The molecule has 6 nitrogen and oxygen atoms in total. The van der Waals surface area contributed by atoms with E-state index in [2.05, 4.69) is 16.5 Å². The van der Waals surface area contributed by atoms with Gasteiger partial charge in [0.25, 0.3) is 0 Å². The molecule has 0 fully saturated rings. The number of ether oxygens (including phenoxy) is 3. The lowest BCUT2D eigenvalue weighted by atomic mass is 9.99. The number of phenolic OH excluding ortho intramolecular Hbond substituents is 1. The minimum Gasteiger partial charge on any atom is -0.507 e. The van der Waals surface area contributed by atoms with Crippen molar-refractivity contribution in [3.63, 3.8) is 0 Å². The zero-order chi connectivity index (χ0) is 23.2. The molecule has 33 heavy (non-hydrogen) atoms. The van der Waals surface area contributed by atoms with Crippen LogP contribution in [-0.4, -0.2) is 29.3 Å². The second kappa shape index (κ2) is 9.87. The van der Waals surface area contributed by atoms with Gasteiger partial charge in [-0.2, -0.15) is 0 Å². The van der Waals surface area contributed by atoms with Crippen LogP contribution in [-0.2, 0) is 6.61 Å². The summed E-state index contributed by atoms with van der Waals surface area (Å²) in [6, 6.07) is 18.7. The van der Waals surface area contributed by atoms with E-state index in [9.17, 15) is 5.11 Å². The molecule has 4 rings (SSSR count). The van der Waals surface area contributed by atoms with Gasteiger partial charge in [0.2, 0.25) is 0 Å². The smallest absolute Gasteiger partial charge is 0.161 e. The van der Waals surface area contributed by atoms with Crippen molar-refractivity contribution in [3.05, 3.63) is 90.9 Å².